The van der Waals surface area contributed by atoms with Gasteiger partial charge in [-0.15, -0.1) is 0 Å². The zero-order chi connectivity index (χ0) is 13.9. The number of aliphatic hydroxyl groups is 1. The van der Waals surface area contributed by atoms with Crippen molar-refractivity contribution in [3.63, 3.8) is 0 Å². The van der Waals surface area contributed by atoms with Gasteiger partial charge in [0.2, 0.25) is 0 Å². The number of pyridine rings is 1. The molecule has 0 amide bonds. The van der Waals surface area contributed by atoms with Crippen LogP contribution in [0.2, 0.25) is 0 Å². The Morgan fingerprint density at radius 2 is 2.15 bits per heavy atom. The van der Waals surface area contributed by atoms with E-state index in [0.717, 1.165) is 34.4 Å². The maximum absolute atomic E-state index is 8.78. The van der Waals surface area contributed by atoms with Gasteiger partial charge in [0.15, 0.2) is 6.79 Å². The standard InChI is InChI=1S/C16H15NO3/c1-2-14-13(4-3-7-17-14)16-8-11-5-6-12(19-10-18)9-15(11)20-16/h3-9,18H,2,10H2,1H3. The molecule has 3 rings (SSSR count). The van der Waals surface area contributed by atoms with E-state index in [1.807, 2.05) is 30.3 Å². The maximum Gasteiger partial charge on any atom is 0.186 e. The fourth-order valence-corrected chi connectivity index (χ4v) is 2.25. The molecule has 0 bridgehead atoms. The third-order valence-electron chi connectivity index (χ3n) is 3.21. The van der Waals surface area contributed by atoms with Gasteiger partial charge >= 0.3 is 0 Å². The van der Waals surface area contributed by atoms with Gasteiger partial charge in [-0.25, -0.2) is 0 Å². The highest BCUT2D eigenvalue weighted by molar-refractivity contribution is 5.84. The lowest BCUT2D eigenvalue weighted by molar-refractivity contribution is 0.0986. The number of hydrogen-bond donors (Lipinski definition) is 1. The van der Waals surface area contributed by atoms with Gasteiger partial charge in [-0.1, -0.05) is 6.92 Å². The number of aliphatic hydroxyl groups excluding tert-OH is 1. The molecule has 2 heterocycles. The summed E-state index contributed by atoms with van der Waals surface area (Å²) in [6, 6.07) is 11.4. The summed E-state index contributed by atoms with van der Waals surface area (Å²) < 4.78 is 10.9. The van der Waals surface area contributed by atoms with E-state index in [-0.39, 0.29) is 6.79 Å². The van der Waals surface area contributed by atoms with Crippen LogP contribution in [-0.4, -0.2) is 16.9 Å². The fourth-order valence-electron chi connectivity index (χ4n) is 2.25. The fraction of sp³-hybridized carbons (Fsp3) is 0.188. The summed E-state index contributed by atoms with van der Waals surface area (Å²) >= 11 is 0. The predicted octanol–water partition coefficient (Wildman–Crippen LogP) is 3.39. The van der Waals surface area contributed by atoms with Gasteiger partial charge in [-0.05, 0) is 36.8 Å². The minimum Gasteiger partial charge on any atom is -0.468 e. The van der Waals surface area contributed by atoms with Crippen molar-refractivity contribution in [2.45, 2.75) is 13.3 Å². The average Bonchev–Trinajstić information content (AvgIpc) is 2.90. The molecule has 0 saturated heterocycles. The van der Waals surface area contributed by atoms with E-state index in [1.165, 1.54) is 0 Å². The summed E-state index contributed by atoms with van der Waals surface area (Å²) in [5.41, 5.74) is 2.76. The highest BCUT2D eigenvalue weighted by Gasteiger charge is 2.10. The molecule has 20 heavy (non-hydrogen) atoms. The van der Waals surface area contributed by atoms with Crippen molar-refractivity contribution in [2.75, 3.05) is 6.79 Å². The second-order valence-corrected chi connectivity index (χ2v) is 4.43. The lowest BCUT2D eigenvalue weighted by atomic mass is 10.1. The molecular formula is C16H15NO3. The molecule has 0 aliphatic carbocycles. The molecule has 0 fully saturated rings. The van der Waals surface area contributed by atoms with Crippen molar-refractivity contribution in [2.24, 2.45) is 0 Å². The van der Waals surface area contributed by atoms with Crippen molar-refractivity contribution in [1.82, 2.24) is 4.98 Å². The monoisotopic (exact) mass is 269 g/mol. The Morgan fingerprint density at radius 3 is 2.95 bits per heavy atom. The van der Waals surface area contributed by atoms with Crippen LogP contribution in [0.4, 0.5) is 0 Å². The highest BCUT2D eigenvalue weighted by Crippen LogP contribution is 2.31. The first-order valence-corrected chi connectivity index (χ1v) is 6.53. The van der Waals surface area contributed by atoms with Crippen LogP contribution < -0.4 is 4.74 Å². The summed E-state index contributed by atoms with van der Waals surface area (Å²) in [7, 11) is 0. The number of hydrogen-bond acceptors (Lipinski definition) is 4. The van der Waals surface area contributed by atoms with Crippen molar-refractivity contribution in [1.29, 1.82) is 0 Å². The quantitative estimate of drug-likeness (QED) is 0.738. The van der Waals surface area contributed by atoms with E-state index < -0.39 is 0 Å². The van der Waals surface area contributed by atoms with Crippen LogP contribution in [0.1, 0.15) is 12.6 Å². The number of rotatable bonds is 4. The van der Waals surface area contributed by atoms with Gasteiger partial charge in [-0.3, -0.25) is 4.98 Å². The van der Waals surface area contributed by atoms with Crippen molar-refractivity contribution in [3.8, 4) is 17.1 Å². The summed E-state index contributed by atoms with van der Waals surface area (Å²) in [6.07, 6.45) is 2.64. The first-order chi connectivity index (χ1) is 9.81. The molecule has 0 spiro atoms. The SMILES string of the molecule is CCc1ncccc1-c1cc2ccc(OCO)cc2o1. The molecule has 0 aliphatic heterocycles. The van der Waals surface area contributed by atoms with Gasteiger partial charge in [0.25, 0.3) is 0 Å². The van der Waals surface area contributed by atoms with E-state index in [0.29, 0.717) is 5.75 Å². The lowest BCUT2D eigenvalue weighted by Crippen LogP contribution is -1.93. The van der Waals surface area contributed by atoms with E-state index in [9.17, 15) is 0 Å². The maximum atomic E-state index is 8.78. The van der Waals surface area contributed by atoms with Crippen LogP contribution >= 0.6 is 0 Å². The molecule has 0 aliphatic rings. The molecule has 3 aromatic rings. The third kappa shape index (κ3) is 2.26. The number of aromatic nitrogens is 1. The van der Waals surface area contributed by atoms with Crippen LogP contribution in [0, 0.1) is 0 Å². The average molecular weight is 269 g/mol. The Labute approximate surface area is 116 Å². The van der Waals surface area contributed by atoms with E-state index in [1.54, 1.807) is 12.3 Å². The van der Waals surface area contributed by atoms with Gasteiger partial charge in [0.1, 0.15) is 17.1 Å². The van der Waals surface area contributed by atoms with Crippen molar-refractivity contribution in [3.05, 3.63) is 48.3 Å². The molecule has 0 saturated carbocycles. The molecule has 0 atom stereocenters. The highest BCUT2D eigenvalue weighted by atomic mass is 16.6. The molecule has 2 aromatic heterocycles. The van der Waals surface area contributed by atoms with Crippen LogP contribution in [0.3, 0.4) is 0 Å². The van der Waals surface area contributed by atoms with E-state index in [4.69, 9.17) is 14.3 Å². The minimum absolute atomic E-state index is 0.346. The Balaban J connectivity index is 2.08. The van der Waals surface area contributed by atoms with Crippen LogP contribution in [0.15, 0.2) is 47.0 Å². The topological polar surface area (TPSA) is 55.5 Å². The van der Waals surface area contributed by atoms with Gasteiger partial charge in [0.05, 0.1) is 5.69 Å². The lowest BCUT2D eigenvalue weighted by Gasteiger charge is -2.02. The summed E-state index contributed by atoms with van der Waals surface area (Å²) in [4.78, 5) is 4.37. The molecule has 4 heteroatoms. The number of aryl methyl sites for hydroxylation is 1. The Kier molecular flexibility index (Phi) is 3.39. The van der Waals surface area contributed by atoms with Crippen molar-refractivity contribution < 1.29 is 14.3 Å². The minimum atomic E-state index is -0.346. The normalized spacial score (nSPS) is 10.9. The molecule has 102 valence electrons. The molecule has 1 aromatic carbocycles. The van der Waals surface area contributed by atoms with E-state index >= 15 is 0 Å². The molecular weight excluding hydrogens is 254 g/mol. The van der Waals surface area contributed by atoms with Crippen LogP contribution in [0.25, 0.3) is 22.3 Å². The number of ether oxygens (including phenoxy) is 1. The Bertz CT molecular complexity index is 733. The second kappa shape index (κ2) is 5.35. The first-order valence-electron chi connectivity index (χ1n) is 6.53. The molecule has 1 N–H and O–H groups in total. The number of fused-ring (bicyclic) bond motifs is 1. The van der Waals surface area contributed by atoms with Gasteiger partial charge in [0, 0.05) is 23.2 Å². The number of benzene rings is 1. The smallest absolute Gasteiger partial charge is 0.186 e. The zero-order valence-corrected chi connectivity index (χ0v) is 11.2. The van der Waals surface area contributed by atoms with Crippen molar-refractivity contribution >= 4 is 11.0 Å². The Morgan fingerprint density at radius 1 is 1.25 bits per heavy atom. The second-order valence-electron chi connectivity index (χ2n) is 4.43. The molecule has 0 radical (unpaired) electrons. The van der Waals surface area contributed by atoms with Crippen LogP contribution in [0.5, 0.6) is 5.75 Å². The predicted molar refractivity (Wildman–Crippen MR) is 76.5 cm³/mol. The number of furan rings is 1. The summed E-state index contributed by atoms with van der Waals surface area (Å²) in [6.45, 7) is 1.73. The first kappa shape index (κ1) is 12.7. The number of nitrogens with zero attached hydrogens (tertiary/aromatic N) is 1. The van der Waals surface area contributed by atoms with Crippen LogP contribution in [-0.2, 0) is 6.42 Å². The Hall–Kier alpha value is -2.33. The third-order valence-corrected chi connectivity index (χ3v) is 3.21. The van der Waals surface area contributed by atoms with Gasteiger partial charge < -0.3 is 14.3 Å². The molecule has 4 nitrogen and oxygen atoms in total. The van der Waals surface area contributed by atoms with Gasteiger partial charge in [-0.2, -0.15) is 0 Å². The van der Waals surface area contributed by atoms with E-state index in [2.05, 4.69) is 11.9 Å². The summed E-state index contributed by atoms with van der Waals surface area (Å²) in [5, 5.41) is 9.78. The largest absolute Gasteiger partial charge is 0.468 e. The summed E-state index contributed by atoms with van der Waals surface area (Å²) in [5.74, 6) is 1.38. The zero-order valence-electron chi connectivity index (χ0n) is 11.2. The molecule has 0 unspecified atom stereocenters.